The van der Waals surface area contributed by atoms with Gasteiger partial charge in [0.25, 0.3) is 10.9 Å². The van der Waals surface area contributed by atoms with Crippen LogP contribution in [0.3, 0.4) is 0 Å². The zero-order valence-electron chi connectivity index (χ0n) is 12.7. The Balaban J connectivity index is 1.76. The van der Waals surface area contributed by atoms with Crippen molar-refractivity contribution in [1.82, 2.24) is 0 Å². The molecular weight excluding hydrogens is 292 g/mol. The lowest BCUT2D eigenvalue weighted by atomic mass is 10.1. The highest BCUT2D eigenvalue weighted by Crippen LogP contribution is 2.36. The van der Waals surface area contributed by atoms with E-state index in [0.29, 0.717) is 24.5 Å². The lowest BCUT2D eigenvalue weighted by molar-refractivity contribution is -0.671. The molecule has 5 heteroatoms. The fraction of sp³-hybridized carbons (Fsp3) is 0.167. The van der Waals surface area contributed by atoms with E-state index in [4.69, 9.17) is 4.74 Å². The van der Waals surface area contributed by atoms with Crippen LogP contribution in [0.4, 0.5) is 5.69 Å². The molecule has 2 aromatic carbocycles. The molecule has 1 aliphatic rings. The summed E-state index contributed by atoms with van der Waals surface area (Å²) < 4.78 is 7.64. The zero-order chi connectivity index (χ0) is 16.0. The van der Waals surface area contributed by atoms with Crippen LogP contribution in [-0.2, 0) is 20.1 Å². The van der Waals surface area contributed by atoms with Gasteiger partial charge in [-0.05, 0) is 11.6 Å². The Morgan fingerprint density at radius 3 is 2.61 bits per heavy atom. The number of rotatable bonds is 2. The highest BCUT2D eigenvalue weighted by Gasteiger charge is 2.31. The van der Waals surface area contributed by atoms with Crippen molar-refractivity contribution in [2.45, 2.75) is 13.1 Å². The maximum absolute atomic E-state index is 12.0. The first-order valence-electron chi connectivity index (χ1n) is 7.41. The van der Waals surface area contributed by atoms with Gasteiger partial charge in [-0.15, -0.1) is 0 Å². The van der Waals surface area contributed by atoms with Gasteiger partial charge < -0.3 is 9.64 Å². The summed E-state index contributed by atoms with van der Waals surface area (Å²) in [6.07, 6.45) is 3.92. The van der Waals surface area contributed by atoms with Gasteiger partial charge in [0.05, 0.1) is 0 Å². The van der Waals surface area contributed by atoms with Gasteiger partial charge in [0.1, 0.15) is 18.5 Å². The Bertz CT molecular complexity index is 953. The van der Waals surface area contributed by atoms with Crippen LogP contribution >= 0.6 is 0 Å². The predicted molar refractivity (Wildman–Crippen MR) is 85.4 cm³/mol. The number of anilines is 1. The van der Waals surface area contributed by atoms with E-state index < -0.39 is 10.9 Å². The van der Waals surface area contributed by atoms with Gasteiger partial charge in [0.15, 0.2) is 12.4 Å². The van der Waals surface area contributed by atoms with Crippen molar-refractivity contribution in [3.63, 3.8) is 0 Å². The minimum absolute atomic E-state index is 0.168. The predicted octanol–water partition coefficient (Wildman–Crippen LogP) is 1.42. The lowest BCUT2D eigenvalue weighted by Gasteiger charge is -2.24. The van der Waals surface area contributed by atoms with E-state index in [1.165, 1.54) is 0 Å². The molecule has 0 saturated carbocycles. The summed E-state index contributed by atoms with van der Waals surface area (Å²) in [5, 5.41) is 0. The molecule has 0 N–H and O–H groups in total. The summed E-state index contributed by atoms with van der Waals surface area (Å²) >= 11 is 0. The molecule has 5 nitrogen and oxygen atoms in total. The van der Waals surface area contributed by atoms with Crippen molar-refractivity contribution >= 4 is 5.69 Å². The summed E-state index contributed by atoms with van der Waals surface area (Å²) in [4.78, 5) is 25.8. The molecule has 2 heterocycles. The molecular formula is C18H15N2O3+. The van der Waals surface area contributed by atoms with Crippen molar-refractivity contribution in [2.24, 2.45) is 7.05 Å². The van der Waals surface area contributed by atoms with Crippen LogP contribution in [0.15, 0.2) is 58.4 Å². The van der Waals surface area contributed by atoms with Crippen molar-refractivity contribution in [3.8, 4) is 11.5 Å². The summed E-state index contributed by atoms with van der Waals surface area (Å²) in [6.45, 7) is 1.09. The van der Waals surface area contributed by atoms with Crippen LogP contribution in [0.25, 0.3) is 0 Å². The number of hydrogen-bond acceptors (Lipinski definition) is 4. The van der Waals surface area contributed by atoms with Crippen molar-refractivity contribution in [3.05, 3.63) is 80.4 Å². The largest absolute Gasteiger partial charge is 0.450 e. The molecule has 1 aromatic heterocycles. The Kier molecular flexibility index (Phi) is 3.01. The lowest BCUT2D eigenvalue weighted by Crippen LogP contribution is -2.39. The molecule has 0 amide bonds. The molecule has 0 fully saturated rings. The van der Waals surface area contributed by atoms with E-state index in [9.17, 15) is 9.59 Å². The first-order valence-corrected chi connectivity index (χ1v) is 7.41. The molecule has 0 unspecified atom stereocenters. The second kappa shape index (κ2) is 5.05. The van der Waals surface area contributed by atoms with E-state index in [1.807, 2.05) is 65.3 Å². The third kappa shape index (κ3) is 2.21. The van der Waals surface area contributed by atoms with Crippen LogP contribution in [0.5, 0.6) is 11.5 Å². The van der Waals surface area contributed by atoms with E-state index in [1.54, 1.807) is 0 Å². The maximum atomic E-state index is 12.0. The second-order valence-corrected chi connectivity index (χ2v) is 5.77. The fourth-order valence-electron chi connectivity index (χ4n) is 2.86. The zero-order valence-corrected chi connectivity index (χ0v) is 12.7. The SMILES string of the molecule is C[n+]1ccc(CN2Cc3ccccc3Oc3c2c(=O)c3=O)cc1. The van der Waals surface area contributed by atoms with Crippen molar-refractivity contribution in [1.29, 1.82) is 0 Å². The van der Waals surface area contributed by atoms with Crippen LogP contribution in [0.1, 0.15) is 11.1 Å². The second-order valence-electron chi connectivity index (χ2n) is 5.77. The first-order chi connectivity index (χ1) is 11.1. The molecule has 3 aromatic rings. The molecule has 0 aliphatic carbocycles. The number of benzene rings is 1. The molecule has 4 rings (SSSR count). The van der Waals surface area contributed by atoms with Gasteiger partial charge in [-0.1, -0.05) is 18.2 Å². The average Bonchev–Trinajstić information content (AvgIpc) is 2.71. The number of nitrogens with zero attached hydrogens (tertiary/aromatic N) is 2. The topological polar surface area (TPSA) is 50.5 Å². The molecule has 23 heavy (non-hydrogen) atoms. The number of hydrogen-bond donors (Lipinski definition) is 0. The third-order valence-electron chi connectivity index (χ3n) is 4.13. The number of ether oxygens (including phenoxy) is 1. The molecule has 0 radical (unpaired) electrons. The Hall–Kier alpha value is -2.95. The highest BCUT2D eigenvalue weighted by atomic mass is 16.5. The average molecular weight is 307 g/mol. The monoisotopic (exact) mass is 307 g/mol. The molecule has 0 spiro atoms. The van der Waals surface area contributed by atoms with Crippen LogP contribution in [-0.4, -0.2) is 0 Å². The molecule has 1 aliphatic heterocycles. The number of para-hydroxylation sites is 1. The summed E-state index contributed by atoms with van der Waals surface area (Å²) in [6, 6.07) is 11.6. The van der Waals surface area contributed by atoms with Gasteiger partial charge in [-0.25, -0.2) is 4.57 Å². The molecule has 114 valence electrons. The van der Waals surface area contributed by atoms with Gasteiger partial charge in [0, 0.05) is 30.8 Å². The Morgan fingerprint density at radius 1 is 1.09 bits per heavy atom. The quantitative estimate of drug-likeness (QED) is 0.531. The van der Waals surface area contributed by atoms with Crippen molar-refractivity contribution < 1.29 is 9.30 Å². The first kappa shape index (κ1) is 13.7. The van der Waals surface area contributed by atoms with Crippen LogP contribution in [0, 0.1) is 0 Å². The minimum Gasteiger partial charge on any atom is -0.450 e. The van der Waals surface area contributed by atoms with E-state index >= 15 is 0 Å². The Labute approximate surface area is 132 Å². The smallest absolute Gasteiger partial charge is 0.272 e. The molecule has 0 atom stereocenters. The molecule has 0 saturated heterocycles. The van der Waals surface area contributed by atoms with E-state index in [2.05, 4.69) is 0 Å². The van der Waals surface area contributed by atoms with Gasteiger partial charge >= 0.3 is 0 Å². The van der Waals surface area contributed by atoms with Gasteiger partial charge in [0.2, 0.25) is 5.75 Å². The van der Waals surface area contributed by atoms with Crippen LogP contribution in [0.2, 0.25) is 0 Å². The standard InChI is InChI=1S/C18H15N2O3/c1-19-8-6-12(7-9-19)10-20-11-13-4-2-3-5-14(13)23-18-15(20)16(21)17(18)22/h2-9H,10-11H2,1H3/q+1. The molecule has 0 bridgehead atoms. The minimum atomic E-state index is -0.541. The number of fused-ring (bicyclic) bond motifs is 2. The number of pyridine rings is 1. The van der Waals surface area contributed by atoms with Crippen LogP contribution < -0.4 is 25.1 Å². The van der Waals surface area contributed by atoms with Gasteiger partial charge in [-0.2, -0.15) is 0 Å². The summed E-state index contributed by atoms with van der Waals surface area (Å²) in [5.41, 5.74) is 1.42. The summed E-state index contributed by atoms with van der Waals surface area (Å²) in [7, 11) is 1.95. The van der Waals surface area contributed by atoms with Crippen molar-refractivity contribution in [2.75, 3.05) is 4.90 Å². The third-order valence-corrected chi connectivity index (χ3v) is 4.13. The van der Waals surface area contributed by atoms with E-state index in [0.717, 1.165) is 11.1 Å². The fourth-order valence-corrected chi connectivity index (χ4v) is 2.86. The number of aryl methyl sites for hydroxylation is 1. The summed E-state index contributed by atoms with van der Waals surface area (Å²) in [5.74, 6) is 0.809. The normalized spacial score (nSPS) is 13.2. The van der Waals surface area contributed by atoms with E-state index in [-0.39, 0.29) is 5.75 Å². The number of aromatic nitrogens is 1. The Morgan fingerprint density at radius 2 is 1.83 bits per heavy atom. The van der Waals surface area contributed by atoms with Gasteiger partial charge in [-0.3, -0.25) is 9.59 Å². The highest BCUT2D eigenvalue weighted by molar-refractivity contribution is 5.67. The maximum Gasteiger partial charge on any atom is 0.272 e.